The molecule has 0 radical (unpaired) electrons. The first kappa shape index (κ1) is 12.1. The maximum absolute atomic E-state index is 13.0. The molecule has 0 fully saturated rings. The first-order valence-electron chi connectivity index (χ1n) is 4.17. The van der Waals surface area contributed by atoms with Gasteiger partial charge in [0.05, 0.1) is 11.1 Å². The molecule has 0 aliphatic heterocycles. The van der Waals surface area contributed by atoms with Gasteiger partial charge >= 0.3 is 17.8 Å². The molecule has 17 heavy (non-hydrogen) atoms. The van der Waals surface area contributed by atoms with Gasteiger partial charge in [0.15, 0.2) is 0 Å². The molecule has 0 spiro atoms. The number of halogens is 8. The van der Waals surface area contributed by atoms with Crippen molar-refractivity contribution in [2.24, 2.45) is 0 Å². The van der Waals surface area contributed by atoms with Gasteiger partial charge in [-0.2, -0.15) is 26.3 Å². The average molecular weight is 262 g/mol. The zero-order valence-corrected chi connectivity index (χ0v) is 7.68. The van der Waals surface area contributed by atoms with Crippen molar-refractivity contribution in [1.29, 1.82) is 0 Å². The van der Waals surface area contributed by atoms with E-state index in [9.17, 15) is 35.1 Å². The maximum Gasteiger partial charge on any atom is 0.380 e. The molecule has 0 atom stereocenters. The second-order valence-corrected chi connectivity index (χ2v) is 3.50. The van der Waals surface area contributed by atoms with Gasteiger partial charge in [0, 0.05) is 0 Å². The van der Waals surface area contributed by atoms with E-state index in [4.69, 9.17) is 0 Å². The summed E-state index contributed by atoms with van der Waals surface area (Å²) in [5, 5.41) is 0. The number of hydrogen-bond acceptors (Lipinski definition) is 0. The molecule has 1 aromatic rings. The normalized spacial score (nSPS) is 23.5. The Hall–Kier alpha value is -1.34. The Balaban J connectivity index is 2.92. The number of rotatable bonds is 0. The van der Waals surface area contributed by atoms with Crippen molar-refractivity contribution in [1.82, 2.24) is 0 Å². The second-order valence-electron chi connectivity index (χ2n) is 3.50. The molecular weight excluding hydrogens is 260 g/mol. The monoisotopic (exact) mass is 262 g/mol. The van der Waals surface area contributed by atoms with E-state index < -0.39 is 40.5 Å². The molecule has 2 rings (SSSR count). The molecule has 0 N–H and O–H groups in total. The van der Waals surface area contributed by atoms with Crippen molar-refractivity contribution < 1.29 is 35.1 Å². The van der Waals surface area contributed by atoms with Crippen LogP contribution < -0.4 is 0 Å². The van der Waals surface area contributed by atoms with Crippen LogP contribution in [0.5, 0.6) is 0 Å². The van der Waals surface area contributed by atoms with Gasteiger partial charge in [-0.25, -0.2) is 8.78 Å². The van der Waals surface area contributed by atoms with Crippen molar-refractivity contribution in [3.63, 3.8) is 0 Å². The summed E-state index contributed by atoms with van der Waals surface area (Å²) in [5.41, 5.74) is -4.57. The lowest BCUT2D eigenvalue weighted by Gasteiger charge is -2.23. The predicted molar refractivity (Wildman–Crippen MR) is 39.1 cm³/mol. The first-order chi connectivity index (χ1) is 7.55. The first-order valence-corrected chi connectivity index (χ1v) is 4.17. The van der Waals surface area contributed by atoms with Gasteiger partial charge in [0.2, 0.25) is 0 Å². The third-order valence-corrected chi connectivity index (χ3v) is 2.52. The van der Waals surface area contributed by atoms with Crippen LogP contribution in [0, 0.1) is 11.6 Å². The fraction of sp³-hybridized carbons (Fsp3) is 0.333. The lowest BCUT2D eigenvalue weighted by molar-refractivity contribution is -0.303. The molecule has 94 valence electrons. The van der Waals surface area contributed by atoms with Crippen LogP contribution in [0.4, 0.5) is 35.1 Å². The Bertz CT molecular complexity index is 447. The Morgan fingerprint density at radius 2 is 0.941 bits per heavy atom. The zero-order valence-electron chi connectivity index (χ0n) is 7.68. The molecule has 0 aromatic heterocycles. The predicted octanol–water partition coefficient (Wildman–Crippen LogP) is 3.80. The van der Waals surface area contributed by atoms with Crippen molar-refractivity contribution in [3.05, 3.63) is 34.9 Å². The molecule has 0 unspecified atom stereocenters. The lowest BCUT2D eigenvalue weighted by Crippen LogP contribution is -2.43. The van der Waals surface area contributed by atoms with Crippen molar-refractivity contribution in [2.75, 3.05) is 0 Å². The summed E-state index contributed by atoms with van der Waals surface area (Å²) >= 11 is 0. The maximum atomic E-state index is 13.0. The van der Waals surface area contributed by atoms with Gasteiger partial charge in [-0.15, -0.1) is 0 Å². The molecule has 0 bridgehead atoms. The highest BCUT2D eigenvalue weighted by Crippen LogP contribution is 2.63. The van der Waals surface area contributed by atoms with Crippen LogP contribution in [0.3, 0.4) is 0 Å². The van der Waals surface area contributed by atoms with Gasteiger partial charge in [-0.3, -0.25) is 0 Å². The summed E-state index contributed by atoms with van der Waals surface area (Å²) in [7, 11) is 0. The van der Waals surface area contributed by atoms with Gasteiger partial charge < -0.3 is 0 Å². The standard InChI is InChI=1S/C9H2F8/c10-3-1-2-4(11)6-5(3)7(12,13)9(16,17)8(6,14)15/h1-2H. The van der Waals surface area contributed by atoms with Gasteiger partial charge in [-0.1, -0.05) is 0 Å². The third kappa shape index (κ3) is 1.13. The summed E-state index contributed by atoms with van der Waals surface area (Å²) < 4.78 is 104. The van der Waals surface area contributed by atoms with E-state index in [0.717, 1.165) is 0 Å². The van der Waals surface area contributed by atoms with Crippen LogP contribution in [-0.2, 0) is 11.8 Å². The second kappa shape index (κ2) is 2.91. The van der Waals surface area contributed by atoms with Crippen LogP contribution in [0.25, 0.3) is 0 Å². The number of alkyl halides is 6. The van der Waals surface area contributed by atoms with E-state index in [1.165, 1.54) is 0 Å². The number of benzene rings is 1. The summed E-state index contributed by atoms with van der Waals surface area (Å²) in [6.07, 6.45) is 0. The molecule has 0 heterocycles. The van der Waals surface area contributed by atoms with E-state index in [1.54, 1.807) is 0 Å². The third-order valence-electron chi connectivity index (χ3n) is 2.52. The summed E-state index contributed by atoms with van der Waals surface area (Å²) in [6, 6.07) is 0.194. The Kier molecular flexibility index (Phi) is 2.08. The topological polar surface area (TPSA) is 0 Å². The molecule has 1 aromatic carbocycles. The van der Waals surface area contributed by atoms with Crippen LogP contribution in [0.1, 0.15) is 11.1 Å². The van der Waals surface area contributed by atoms with Crippen LogP contribution in [0.15, 0.2) is 12.1 Å². The van der Waals surface area contributed by atoms with E-state index in [2.05, 4.69) is 0 Å². The fourth-order valence-electron chi connectivity index (χ4n) is 1.68. The molecule has 0 saturated heterocycles. The Morgan fingerprint density at radius 1 is 0.647 bits per heavy atom. The SMILES string of the molecule is Fc1ccc(F)c2c1C(F)(F)C(F)(F)C2(F)F. The fourth-order valence-corrected chi connectivity index (χ4v) is 1.68. The van der Waals surface area contributed by atoms with Gasteiger partial charge in [0.25, 0.3) is 0 Å². The number of fused-ring (bicyclic) bond motifs is 1. The summed E-state index contributed by atoms with van der Waals surface area (Å²) in [4.78, 5) is 0. The quantitative estimate of drug-likeness (QED) is 0.624. The van der Waals surface area contributed by atoms with Crippen LogP contribution in [0.2, 0.25) is 0 Å². The molecule has 8 heteroatoms. The highest BCUT2D eigenvalue weighted by Gasteiger charge is 2.80. The van der Waals surface area contributed by atoms with Crippen molar-refractivity contribution in [3.8, 4) is 0 Å². The lowest BCUT2D eigenvalue weighted by atomic mass is 10.1. The Labute approximate surface area is 88.8 Å². The minimum Gasteiger partial charge on any atom is -0.206 e. The molecular formula is C9H2F8. The van der Waals surface area contributed by atoms with Crippen LogP contribution in [-0.4, -0.2) is 5.92 Å². The smallest absolute Gasteiger partial charge is 0.206 e. The molecule has 1 aliphatic rings. The molecule has 0 amide bonds. The molecule has 0 saturated carbocycles. The summed E-state index contributed by atoms with van der Waals surface area (Å²) in [6.45, 7) is 0. The molecule has 0 nitrogen and oxygen atoms in total. The minimum atomic E-state index is -5.87. The minimum absolute atomic E-state index is 0.0968. The Morgan fingerprint density at radius 3 is 1.24 bits per heavy atom. The number of hydrogen-bond donors (Lipinski definition) is 0. The van der Waals surface area contributed by atoms with Gasteiger partial charge in [0.1, 0.15) is 11.6 Å². The van der Waals surface area contributed by atoms with E-state index in [-0.39, 0.29) is 12.1 Å². The summed E-state index contributed by atoms with van der Waals surface area (Å²) in [5.74, 6) is -20.8. The highest BCUT2D eigenvalue weighted by atomic mass is 19.3. The van der Waals surface area contributed by atoms with Crippen molar-refractivity contribution >= 4 is 0 Å². The van der Waals surface area contributed by atoms with E-state index in [0.29, 0.717) is 0 Å². The average Bonchev–Trinajstić information content (AvgIpc) is 2.29. The van der Waals surface area contributed by atoms with Crippen molar-refractivity contribution in [2.45, 2.75) is 17.8 Å². The zero-order chi connectivity index (χ0) is 13.2. The van der Waals surface area contributed by atoms with Gasteiger partial charge in [-0.05, 0) is 12.1 Å². The van der Waals surface area contributed by atoms with Crippen LogP contribution >= 0.6 is 0 Å². The van der Waals surface area contributed by atoms with E-state index >= 15 is 0 Å². The van der Waals surface area contributed by atoms with E-state index in [1.807, 2.05) is 0 Å². The highest BCUT2D eigenvalue weighted by molar-refractivity contribution is 5.45. The molecule has 1 aliphatic carbocycles. The largest absolute Gasteiger partial charge is 0.380 e.